The lowest BCUT2D eigenvalue weighted by Gasteiger charge is -2.15. The van der Waals surface area contributed by atoms with E-state index in [2.05, 4.69) is 15.9 Å². The topological polar surface area (TPSA) is 38.5 Å². The summed E-state index contributed by atoms with van der Waals surface area (Å²) >= 11 is 3.44. The quantitative estimate of drug-likeness (QED) is 0.773. The highest BCUT2D eigenvalue weighted by molar-refractivity contribution is 9.10. The van der Waals surface area contributed by atoms with Crippen molar-refractivity contribution in [1.82, 2.24) is 0 Å². The molecule has 0 aliphatic carbocycles. The second-order valence-corrected chi connectivity index (χ2v) is 6.12. The van der Waals surface area contributed by atoms with E-state index in [1.165, 1.54) is 0 Å². The van der Waals surface area contributed by atoms with Gasteiger partial charge in [-0.15, -0.1) is 0 Å². The lowest BCUT2D eigenvalue weighted by atomic mass is 10.0. The molecule has 2 aromatic carbocycles. The van der Waals surface area contributed by atoms with Crippen LogP contribution in [0.5, 0.6) is 11.5 Å². The third-order valence-electron chi connectivity index (χ3n) is 3.93. The Morgan fingerprint density at radius 2 is 1.83 bits per heavy atom. The Kier molecular flexibility index (Phi) is 4.48. The van der Waals surface area contributed by atoms with Gasteiger partial charge in [-0.05, 0) is 45.8 Å². The van der Waals surface area contributed by atoms with Gasteiger partial charge in [0.25, 0.3) is 0 Å². The number of nitrogens with zero attached hydrogens (tertiary/aromatic N) is 1. The van der Waals surface area contributed by atoms with Gasteiger partial charge in [-0.25, -0.2) is 4.79 Å². The van der Waals surface area contributed by atoms with E-state index < -0.39 is 0 Å². The summed E-state index contributed by atoms with van der Waals surface area (Å²) in [5.41, 5.74) is 2.79. The minimum absolute atomic E-state index is 0.0158. The molecule has 2 aromatic rings. The van der Waals surface area contributed by atoms with E-state index in [0.717, 1.165) is 22.0 Å². The summed E-state index contributed by atoms with van der Waals surface area (Å²) in [6.07, 6.45) is 2.66. The van der Waals surface area contributed by atoms with Crippen molar-refractivity contribution >= 4 is 28.1 Å². The number of amides is 1. The summed E-state index contributed by atoms with van der Waals surface area (Å²) in [5.74, 6) is 1.36. The standard InChI is InChI=1S/C18H17BrNO3/c1-22-16-9-12-7-8-20(11-13(12)10-17(16)23-2)18(21)14-5-3-4-6-15(14)19/h3-6,9-11H,7-8H2,1-2H3/q+1. The molecular weight excluding hydrogens is 358 g/mol. The number of ether oxygens (including phenoxy) is 2. The number of benzene rings is 2. The third kappa shape index (κ3) is 3.01. The van der Waals surface area contributed by atoms with E-state index in [4.69, 9.17) is 9.47 Å². The molecule has 4 nitrogen and oxygen atoms in total. The van der Waals surface area contributed by atoms with Gasteiger partial charge in [0.1, 0.15) is 5.56 Å². The summed E-state index contributed by atoms with van der Waals surface area (Å²) in [5, 5.41) is 0. The Bertz CT molecular complexity index is 799. The maximum Gasteiger partial charge on any atom is 0.420 e. The fourth-order valence-electron chi connectivity index (χ4n) is 2.70. The predicted molar refractivity (Wildman–Crippen MR) is 92.0 cm³/mol. The predicted octanol–water partition coefficient (Wildman–Crippen LogP) is 3.29. The summed E-state index contributed by atoms with van der Waals surface area (Å²) < 4.78 is 13.2. The van der Waals surface area contributed by atoms with Gasteiger partial charge in [-0.3, -0.25) is 0 Å². The van der Waals surface area contributed by atoms with Crippen molar-refractivity contribution in [3.63, 3.8) is 0 Å². The third-order valence-corrected chi connectivity index (χ3v) is 4.62. The van der Waals surface area contributed by atoms with Gasteiger partial charge in [0.2, 0.25) is 0 Å². The number of hydrogen-bond donors (Lipinski definition) is 0. The van der Waals surface area contributed by atoms with Gasteiger partial charge in [0.05, 0.1) is 14.2 Å². The molecule has 1 amide bonds. The Morgan fingerprint density at radius 3 is 2.52 bits per heavy atom. The smallest absolute Gasteiger partial charge is 0.420 e. The van der Waals surface area contributed by atoms with E-state index >= 15 is 0 Å². The van der Waals surface area contributed by atoms with Crippen LogP contribution in [0.1, 0.15) is 21.5 Å². The molecule has 0 saturated carbocycles. The van der Waals surface area contributed by atoms with E-state index in [1.54, 1.807) is 18.8 Å². The number of rotatable bonds is 3. The molecule has 5 heteroatoms. The van der Waals surface area contributed by atoms with Crippen LogP contribution < -0.4 is 9.47 Å². The zero-order valence-electron chi connectivity index (χ0n) is 13.0. The molecule has 0 unspecified atom stereocenters. The van der Waals surface area contributed by atoms with E-state index in [0.29, 0.717) is 23.6 Å². The van der Waals surface area contributed by atoms with Crippen LogP contribution in [0.25, 0.3) is 0 Å². The SMILES string of the molecule is COc1cc2c(cc1OC)CC[N+](C(=O)c1ccccc1Br)=C2. The summed E-state index contributed by atoms with van der Waals surface area (Å²) in [6, 6.07) is 11.3. The molecule has 0 saturated heterocycles. The molecule has 0 N–H and O–H groups in total. The molecule has 1 aliphatic heterocycles. The maximum atomic E-state index is 12.7. The first-order valence-electron chi connectivity index (χ1n) is 7.29. The molecule has 0 fully saturated rings. The first kappa shape index (κ1) is 15.7. The normalized spacial score (nSPS) is 13.1. The van der Waals surface area contributed by atoms with Crippen LogP contribution in [-0.4, -0.2) is 37.5 Å². The average molecular weight is 375 g/mol. The molecule has 23 heavy (non-hydrogen) atoms. The minimum Gasteiger partial charge on any atom is -0.493 e. The van der Waals surface area contributed by atoms with Crippen molar-refractivity contribution in [2.24, 2.45) is 0 Å². The lowest BCUT2D eigenvalue weighted by molar-refractivity contribution is -0.424. The molecule has 0 aromatic heterocycles. The second-order valence-electron chi connectivity index (χ2n) is 5.26. The fourth-order valence-corrected chi connectivity index (χ4v) is 3.15. The maximum absolute atomic E-state index is 12.7. The van der Waals surface area contributed by atoms with Crippen LogP contribution in [0.2, 0.25) is 0 Å². The van der Waals surface area contributed by atoms with Gasteiger partial charge in [0.15, 0.2) is 24.3 Å². The van der Waals surface area contributed by atoms with Gasteiger partial charge >= 0.3 is 5.91 Å². The zero-order chi connectivity index (χ0) is 16.4. The van der Waals surface area contributed by atoms with Gasteiger partial charge in [-0.1, -0.05) is 12.1 Å². The number of halogens is 1. The largest absolute Gasteiger partial charge is 0.493 e. The van der Waals surface area contributed by atoms with Crippen LogP contribution in [0.3, 0.4) is 0 Å². The molecule has 118 valence electrons. The van der Waals surface area contributed by atoms with Crippen molar-refractivity contribution in [1.29, 1.82) is 0 Å². The Balaban J connectivity index is 2.00. The lowest BCUT2D eigenvalue weighted by Crippen LogP contribution is -2.29. The van der Waals surface area contributed by atoms with Gasteiger partial charge in [-0.2, -0.15) is 4.58 Å². The highest BCUT2D eigenvalue weighted by Crippen LogP contribution is 2.31. The van der Waals surface area contributed by atoms with Gasteiger partial charge in [0, 0.05) is 16.5 Å². The van der Waals surface area contributed by atoms with Crippen molar-refractivity contribution < 1.29 is 18.8 Å². The molecule has 1 heterocycles. The number of fused-ring (bicyclic) bond motifs is 1. The summed E-state index contributed by atoms with van der Waals surface area (Å²) in [6.45, 7) is 0.642. The number of hydrogen-bond acceptors (Lipinski definition) is 3. The fraction of sp³-hybridized carbons (Fsp3) is 0.222. The average Bonchev–Trinajstić information content (AvgIpc) is 2.59. The minimum atomic E-state index is -0.0158. The Hall–Kier alpha value is -2.14. The Morgan fingerprint density at radius 1 is 1.13 bits per heavy atom. The van der Waals surface area contributed by atoms with E-state index in [9.17, 15) is 4.79 Å². The highest BCUT2D eigenvalue weighted by Gasteiger charge is 2.27. The Labute approximate surface area is 143 Å². The van der Waals surface area contributed by atoms with Crippen LogP contribution >= 0.6 is 15.9 Å². The highest BCUT2D eigenvalue weighted by atomic mass is 79.9. The van der Waals surface area contributed by atoms with Crippen molar-refractivity contribution in [2.75, 3.05) is 20.8 Å². The van der Waals surface area contributed by atoms with Crippen molar-refractivity contribution in [2.45, 2.75) is 6.42 Å². The molecule has 0 radical (unpaired) electrons. The molecule has 3 rings (SSSR count). The molecule has 1 aliphatic rings. The first-order chi connectivity index (χ1) is 11.1. The van der Waals surface area contributed by atoms with Crippen molar-refractivity contribution in [3.05, 3.63) is 57.6 Å². The molecule has 0 spiro atoms. The molecular formula is C18H17BrNO3+. The number of carbonyl (C=O) groups excluding carboxylic acids is 1. The van der Waals surface area contributed by atoms with E-state index in [1.807, 2.05) is 42.6 Å². The molecule has 0 atom stereocenters. The van der Waals surface area contributed by atoms with Crippen molar-refractivity contribution in [3.8, 4) is 11.5 Å². The number of carbonyl (C=O) groups is 1. The monoisotopic (exact) mass is 374 g/mol. The second kappa shape index (κ2) is 6.54. The molecule has 0 bridgehead atoms. The zero-order valence-corrected chi connectivity index (χ0v) is 14.6. The van der Waals surface area contributed by atoms with Crippen LogP contribution in [-0.2, 0) is 6.42 Å². The summed E-state index contributed by atoms with van der Waals surface area (Å²) in [7, 11) is 3.23. The van der Waals surface area contributed by atoms with Crippen LogP contribution in [0.15, 0.2) is 40.9 Å². The van der Waals surface area contributed by atoms with Gasteiger partial charge < -0.3 is 9.47 Å². The summed E-state index contributed by atoms with van der Waals surface area (Å²) in [4.78, 5) is 12.7. The first-order valence-corrected chi connectivity index (χ1v) is 8.08. The number of methoxy groups -OCH3 is 2. The van der Waals surface area contributed by atoms with Crippen LogP contribution in [0.4, 0.5) is 0 Å². The van der Waals surface area contributed by atoms with Crippen LogP contribution in [0, 0.1) is 0 Å². The van der Waals surface area contributed by atoms with E-state index in [-0.39, 0.29) is 5.91 Å².